The normalized spacial score (nSPS) is 17.4. The Labute approximate surface area is 144 Å². The van der Waals surface area contributed by atoms with Gasteiger partial charge >= 0.3 is 0 Å². The van der Waals surface area contributed by atoms with E-state index < -0.39 is 12.1 Å². The monoisotopic (exact) mass is 342 g/mol. The first-order chi connectivity index (χ1) is 12.0. The second kappa shape index (κ2) is 7.40. The van der Waals surface area contributed by atoms with Gasteiger partial charge in [0.25, 0.3) is 0 Å². The molecular formula is C18H19FN4O2. The average molecular weight is 342 g/mol. The molecule has 7 heteroatoms. The van der Waals surface area contributed by atoms with Gasteiger partial charge in [-0.2, -0.15) is 0 Å². The Bertz CT molecular complexity index is 796. The van der Waals surface area contributed by atoms with Crippen LogP contribution in [0.1, 0.15) is 17.5 Å². The van der Waals surface area contributed by atoms with Gasteiger partial charge in [0.05, 0.1) is 11.9 Å². The molecule has 0 fully saturated rings. The van der Waals surface area contributed by atoms with Crippen molar-refractivity contribution in [2.24, 2.45) is 5.73 Å². The molecule has 0 bridgehead atoms. The zero-order chi connectivity index (χ0) is 17.8. The summed E-state index contributed by atoms with van der Waals surface area (Å²) in [5.74, 6) is -0.951. The van der Waals surface area contributed by atoms with Crippen molar-refractivity contribution in [3.8, 4) is 0 Å². The third kappa shape index (κ3) is 4.19. The fourth-order valence-electron chi connectivity index (χ4n) is 2.87. The van der Waals surface area contributed by atoms with Gasteiger partial charge in [0.15, 0.2) is 0 Å². The maximum Gasteiger partial charge on any atom is 0.247 e. The lowest BCUT2D eigenvalue weighted by atomic mass is 9.99. The van der Waals surface area contributed by atoms with E-state index in [1.54, 1.807) is 36.7 Å². The van der Waals surface area contributed by atoms with E-state index in [0.717, 1.165) is 5.56 Å². The lowest BCUT2D eigenvalue weighted by Crippen LogP contribution is -2.48. The van der Waals surface area contributed by atoms with E-state index in [-0.39, 0.29) is 30.5 Å². The zero-order valence-electron chi connectivity index (χ0n) is 13.5. The SMILES string of the molecule is NC(CC(=O)N[C@@H]1Cc2ccncc2NC1=O)Cc1ccccc1F. The maximum absolute atomic E-state index is 13.6. The molecule has 0 spiro atoms. The highest BCUT2D eigenvalue weighted by Gasteiger charge is 2.27. The number of aromatic nitrogens is 1. The molecule has 3 rings (SSSR count). The lowest BCUT2D eigenvalue weighted by Gasteiger charge is -2.25. The molecule has 1 unspecified atom stereocenters. The molecule has 2 aromatic rings. The zero-order valence-corrected chi connectivity index (χ0v) is 13.5. The van der Waals surface area contributed by atoms with Crippen molar-refractivity contribution >= 4 is 17.5 Å². The molecule has 2 amide bonds. The van der Waals surface area contributed by atoms with Crippen LogP contribution in [-0.4, -0.2) is 28.9 Å². The van der Waals surface area contributed by atoms with Gasteiger partial charge in [-0.15, -0.1) is 0 Å². The van der Waals surface area contributed by atoms with Gasteiger partial charge < -0.3 is 16.4 Å². The maximum atomic E-state index is 13.6. The Morgan fingerprint density at radius 2 is 2.20 bits per heavy atom. The Balaban J connectivity index is 1.56. The summed E-state index contributed by atoms with van der Waals surface area (Å²) in [6.45, 7) is 0. The second-order valence-corrected chi connectivity index (χ2v) is 6.11. The minimum atomic E-state index is -0.650. The van der Waals surface area contributed by atoms with Crippen LogP contribution in [0.25, 0.3) is 0 Å². The van der Waals surface area contributed by atoms with Crippen LogP contribution in [0, 0.1) is 5.82 Å². The van der Waals surface area contributed by atoms with Crippen molar-refractivity contribution in [2.75, 3.05) is 5.32 Å². The molecule has 2 atom stereocenters. The van der Waals surface area contributed by atoms with E-state index >= 15 is 0 Å². The summed E-state index contributed by atoms with van der Waals surface area (Å²) in [5.41, 5.74) is 8.00. The third-order valence-electron chi connectivity index (χ3n) is 4.13. The van der Waals surface area contributed by atoms with Crippen LogP contribution in [-0.2, 0) is 22.4 Å². The first-order valence-corrected chi connectivity index (χ1v) is 8.05. The van der Waals surface area contributed by atoms with Crippen molar-refractivity contribution in [1.29, 1.82) is 0 Å². The van der Waals surface area contributed by atoms with E-state index in [2.05, 4.69) is 15.6 Å². The Morgan fingerprint density at radius 1 is 1.40 bits per heavy atom. The number of fused-ring (bicyclic) bond motifs is 1. The topological polar surface area (TPSA) is 97.1 Å². The number of rotatable bonds is 5. The molecule has 25 heavy (non-hydrogen) atoms. The van der Waals surface area contributed by atoms with Crippen LogP contribution in [0.2, 0.25) is 0 Å². The molecular weight excluding hydrogens is 323 g/mol. The van der Waals surface area contributed by atoms with Gasteiger partial charge in [-0.1, -0.05) is 18.2 Å². The molecule has 4 N–H and O–H groups in total. The fraction of sp³-hybridized carbons (Fsp3) is 0.278. The summed E-state index contributed by atoms with van der Waals surface area (Å²) in [6.07, 6.45) is 3.89. The molecule has 6 nitrogen and oxygen atoms in total. The van der Waals surface area contributed by atoms with Crippen LogP contribution in [0.4, 0.5) is 10.1 Å². The highest BCUT2D eigenvalue weighted by atomic mass is 19.1. The highest BCUT2D eigenvalue weighted by molar-refractivity contribution is 5.99. The quantitative estimate of drug-likeness (QED) is 0.759. The summed E-state index contributed by atoms with van der Waals surface area (Å²) in [5, 5.41) is 5.41. The highest BCUT2D eigenvalue weighted by Crippen LogP contribution is 2.20. The van der Waals surface area contributed by atoms with Crippen molar-refractivity contribution < 1.29 is 14.0 Å². The number of anilines is 1. The van der Waals surface area contributed by atoms with Crippen LogP contribution in [0.3, 0.4) is 0 Å². The molecule has 1 aliphatic heterocycles. The number of carbonyl (C=O) groups excluding carboxylic acids is 2. The van der Waals surface area contributed by atoms with Crippen LogP contribution in [0.15, 0.2) is 42.7 Å². The van der Waals surface area contributed by atoms with Crippen LogP contribution < -0.4 is 16.4 Å². The summed E-state index contributed by atoms with van der Waals surface area (Å²) in [6, 6.07) is 6.96. The number of hydrogen-bond donors (Lipinski definition) is 3. The number of hydrogen-bond acceptors (Lipinski definition) is 4. The van der Waals surface area contributed by atoms with E-state index in [0.29, 0.717) is 17.7 Å². The van der Waals surface area contributed by atoms with Gasteiger partial charge in [-0.3, -0.25) is 14.6 Å². The van der Waals surface area contributed by atoms with Crippen molar-refractivity contribution in [3.63, 3.8) is 0 Å². The van der Waals surface area contributed by atoms with Crippen LogP contribution in [0.5, 0.6) is 0 Å². The summed E-state index contributed by atoms with van der Waals surface area (Å²) in [7, 11) is 0. The third-order valence-corrected chi connectivity index (χ3v) is 4.13. The number of benzene rings is 1. The molecule has 2 heterocycles. The van der Waals surface area contributed by atoms with E-state index in [1.165, 1.54) is 6.07 Å². The van der Waals surface area contributed by atoms with Gasteiger partial charge in [-0.25, -0.2) is 4.39 Å². The number of nitrogens with zero attached hydrogens (tertiary/aromatic N) is 1. The van der Waals surface area contributed by atoms with E-state index in [4.69, 9.17) is 5.73 Å². The number of pyridine rings is 1. The standard InChI is InChI=1S/C18H19FN4O2/c19-14-4-2-1-3-11(14)7-13(20)9-17(24)22-15-8-12-5-6-21-10-16(12)23-18(15)25/h1-6,10,13,15H,7-9,20H2,(H,22,24)(H,23,25)/t13?,15-/m1/s1. The van der Waals surface area contributed by atoms with Gasteiger partial charge in [-0.05, 0) is 29.7 Å². The van der Waals surface area contributed by atoms with Crippen molar-refractivity contribution in [1.82, 2.24) is 10.3 Å². The number of halogens is 1. The number of carbonyl (C=O) groups is 2. The molecule has 0 radical (unpaired) electrons. The fourth-order valence-corrected chi connectivity index (χ4v) is 2.87. The van der Waals surface area contributed by atoms with Gasteiger partial charge in [0.2, 0.25) is 11.8 Å². The number of nitrogens with one attached hydrogen (secondary N) is 2. The molecule has 1 aliphatic rings. The number of nitrogens with two attached hydrogens (primary N) is 1. The molecule has 1 aromatic heterocycles. The molecule has 130 valence electrons. The first-order valence-electron chi connectivity index (χ1n) is 8.05. The second-order valence-electron chi connectivity index (χ2n) is 6.11. The van der Waals surface area contributed by atoms with E-state index in [1.807, 2.05) is 0 Å². The smallest absolute Gasteiger partial charge is 0.247 e. The summed E-state index contributed by atoms with van der Waals surface area (Å²) < 4.78 is 13.6. The molecule has 0 saturated carbocycles. The molecule has 0 aliphatic carbocycles. The predicted molar refractivity (Wildman–Crippen MR) is 91.2 cm³/mol. The van der Waals surface area contributed by atoms with E-state index in [9.17, 15) is 14.0 Å². The Kier molecular flexibility index (Phi) is 5.04. The Morgan fingerprint density at radius 3 is 3.00 bits per heavy atom. The summed E-state index contributed by atoms with van der Waals surface area (Å²) in [4.78, 5) is 28.2. The van der Waals surface area contributed by atoms with Crippen LogP contribution >= 0.6 is 0 Å². The van der Waals surface area contributed by atoms with Gasteiger partial charge in [0.1, 0.15) is 11.9 Å². The lowest BCUT2D eigenvalue weighted by molar-refractivity contribution is -0.126. The first kappa shape index (κ1) is 17.0. The molecule has 0 saturated heterocycles. The van der Waals surface area contributed by atoms with Gasteiger partial charge in [0, 0.05) is 25.1 Å². The van der Waals surface area contributed by atoms with Crippen molar-refractivity contribution in [3.05, 3.63) is 59.7 Å². The Hall–Kier alpha value is -2.80. The number of amides is 2. The average Bonchev–Trinajstić information content (AvgIpc) is 2.57. The largest absolute Gasteiger partial charge is 0.344 e. The van der Waals surface area contributed by atoms with Crippen molar-refractivity contribution in [2.45, 2.75) is 31.3 Å². The predicted octanol–water partition coefficient (Wildman–Crippen LogP) is 1.16. The molecule has 1 aromatic carbocycles. The minimum Gasteiger partial charge on any atom is -0.344 e. The summed E-state index contributed by atoms with van der Waals surface area (Å²) >= 11 is 0. The minimum absolute atomic E-state index is 0.0152.